The summed E-state index contributed by atoms with van der Waals surface area (Å²) in [6.45, 7) is 0. The largest absolute Gasteiger partial charge is 0.345 e. The van der Waals surface area contributed by atoms with Crippen molar-refractivity contribution in [3.05, 3.63) is 75.1 Å². The zero-order chi connectivity index (χ0) is 19.8. The second-order valence-electron chi connectivity index (χ2n) is 5.54. The standard InChI is InChI=1S/C17H12BrClFN3O3S/c1-23-16(17(24)21-12-5-6-14(20)13(19)8-12)9-15(22-27(23,25)26)10-3-2-4-11(18)7-10/h2-9H,1H3,(H,21,24). The van der Waals surface area contributed by atoms with Crippen LogP contribution in [0.25, 0.3) is 0 Å². The van der Waals surface area contributed by atoms with Crippen LogP contribution in [0.15, 0.2) is 63.1 Å². The smallest absolute Gasteiger partial charge is 0.321 e. The van der Waals surface area contributed by atoms with Crippen molar-refractivity contribution in [1.29, 1.82) is 0 Å². The van der Waals surface area contributed by atoms with E-state index in [0.29, 0.717) is 5.56 Å². The number of carbonyl (C=O) groups is 1. The highest BCUT2D eigenvalue weighted by molar-refractivity contribution is 9.10. The molecular formula is C17H12BrClFN3O3S. The lowest BCUT2D eigenvalue weighted by Gasteiger charge is -2.23. The van der Waals surface area contributed by atoms with Crippen LogP contribution >= 0.6 is 27.5 Å². The molecule has 0 spiro atoms. The fourth-order valence-electron chi connectivity index (χ4n) is 2.32. The van der Waals surface area contributed by atoms with Gasteiger partial charge in [-0.3, -0.25) is 4.79 Å². The summed E-state index contributed by atoms with van der Waals surface area (Å²) in [4.78, 5) is 12.6. The Morgan fingerprint density at radius 2 is 2.00 bits per heavy atom. The molecule has 0 aromatic heterocycles. The van der Waals surface area contributed by atoms with Gasteiger partial charge in [-0.2, -0.15) is 8.42 Å². The van der Waals surface area contributed by atoms with Crippen molar-refractivity contribution in [3.63, 3.8) is 0 Å². The van der Waals surface area contributed by atoms with Gasteiger partial charge in [0.15, 0.2) is 0 Å². The number of nitrogens with one attached hydrogen (secondary N) is 1. The predicted octanol–water partition coefficient (Wildman–Crippen LogP) is 3.74. The monoisotopic (exact) mass is 471 g/mol. The van der Waals surface area contributed by atoms with Crippen LogP contribution in [0.4, 0.5) is 10.1 Å². The Kier molecular flexibility index (Phi) is 5.36. The molecule has 0 radical (unpaired) electrons. The fraction of sp³-hybridized carbons (Fsp3) is 0.0588. The third-order valence-corrected chi connectivity index (χ3v) is 5.80. The topological polar surface area (TPSA) is 78.8 Å². The number of nitrogens with zero attached hydrogens (tertiary/aromatic N) is 2. The SMILES string of the molecule is CN1C(C(=O)Nc2ccc(F)c(Cl)c2)=CC(c2cccc(Br)c2)=NS1(=O)=O. The highest BCUT2D eigenvalue weighted by atomic mass is 79.9. The third-order valence-electron chi connectivity index (χ3n) is 3.70. The van der Waals surface area contributed by atoms with Crippen LogP contribution < -0.4 is 5.32 Å². The lowest BCUT2D eigenvalue weighted by molar-refractivity contribution is -0.113. The van der Waals surface area contributed by atoms with Crippen LogP contribution in [-0.2, 0) is 15.0 Å². The quantitative estimate of drug-likeness (QED) is 0.739. The molecular weight excluding hydrogens is 461 g/mol. The molecule has 1 aliphatic heterocycles. The molecule has 0 fully saturated rings. The minimum atomic E-state index is -4.08. The lowest BCUT2D eigenvalue weighted by Crippen LogP contribution is -2.35. The first kappa shape index (κ1) is 19.5. The van der Waals surface area contributed by atoms with Gasteiger partial charge in [0.25, 0.3) is 5.91 Å². The van der Waals surface area contributed by atoms with Crippen LogP contribution in [0.3, 0.4) is 0 Å². The summed E-state index contributed by atoms with van der Waals surface area (Å²) in [5.41, 5.74) is 0.734. The first-order valence-electron chi connectivity index (χ1n) is 7.50. The van der Waals surface area contributed by atoms with Crippen molar-refractivity contribution in [3.8, 4) is 0 Å². The maximum Gasteiger partial charge on any atom is 0.345 e. The minimum absolute atomic E-state index is 0.122. The van der Waals surface area contributed by atoms with E-state index in [1.54, 1.807) is 24.3 Å². The Morgan fingerprint density at radius 3 is 2.67 bits per heavy atom. The molecule has 1 heterocycles. The van der Waals surface area contributed by atoms with E-state index < -0.39 is 21.9 Å². The van der Waals surface area contributed by atoms with Gasteiger partial charge in [0, 0.05) is 22.8 Å². The highest BCUT2D eigenvalue weighted by Crippen LogP contribution is 2.24. The van der Waals surface area contributed by atoms with Gasteiger partial charge in [-0.25, -0.2) is 8.70 Å². The van der Waals surface area contributed by atoms with Crippen molar-refractivity contribution in [2.75, 3.05) is 12.4 Å². The minimum Gasteiger partial charge on any atom is -0.321 e. The van der Waals surface area contributed by atoms with Crippen LogP contribution in [0.1, 0.15) is 5.56 Å². The summed E-state index contributed by atoms with van der Waals surface area (Å²) in [5, 5.41) is 2.34. The Balaban J connectivity index is 1.98. The molecule has 10 heteroatoms. The van der Waals surface area contributed by atoms with Crippen molar-refractivity contribution in [2.45, 2.75) is 0 Å². The first-order valence-corrected chi connectivity index (χ1v) is 10.1. The van der Waals surface area contributed by atoms with Gasteiger partial charge in [0.05, 0.1) is 10.7 Å². The summed E-state index contributed by atoms with van der Waals surface area (Å²) < 4.78 is 43.2. The van der Waals surface area contributed by atoms with E-state index in [4.69, 9.17) is 11.6 Å². The van der Waals surface area contributed by atoms with Gasteiger partial charge in [0.1, 0.15) is 11.5 Å². The number of carbonyl (C=O) groups excluding carboxylic acids is 1. The van der Waals surface area contributed by atoms with E-state index in [1.807, 2.05) is 0 Å². The number of benzene rings is 2. The van der Waals surface area contributed by atoms with Gasteiger partial charge in [0.2, 0.25) is 0 Å². The Morgan fingerprint density at radius 1 is 1.26 bits per heavy atom. The van der Waals surface area contributed by atoms with Crippen molar-refractivity contribution < 1.29 is 17.6 Å². The summed E-state index contributed by atoms with van der Waals surface area (Å²) in [5.74, 6) is -1.33. The molecule has 0 bridgehead atoms. The molecule has 2 aromatic rings. The van der Waals surface area contributed by atoms with Crippen molar-refractivity contribution in [1.82, 2.24) is 4.31 Å². The molecule has 1 N–H and O–H groups in total. The number of hydrogen-bond acceptors (Lipinski definition) is 3. The molecule has 1 aliphatic rings. The number of hydrogen-bond donors (Lipinski definition) is 1. The molecule has 0 saturated heterocycles. The summed E-state index contributed by atoms with van der Waals surface area (Å²) in [6.07, 6.45) is 1.36. The average Bonchev–Trinajstić information content (AvgIpc) is 2.60. The van der Waals surface area contributed by atoms with Crippen molar-refractivity contribution >= 4 is 55.0 Å². The molecule has 6 nitrogen and oxygen atoms in total. The number of halogens is 3. The third kappa shape index (κ3) is 4.20. The van der Waals surface area contributed by atoms with E-state index in [2.05, 4.69) is 25.6 Å². The average molecular weight is 473 g/mol. The van der Waals surface area contributed by atoms with E-state index >= 15 is 0 Å². The normalized spacial score (nSPS) is 15.8. The maximum atomic E-state index is 13.3. The second-order valence-corrected chi connectivity index (χ2v) is 8.49. The first-order chi connectivity index (χ1) is 12.7. The molecule has 2 aromatic carbocycles. The van der Waals surface area contributed by atoms with Gasteiger partial charge in [-0.1, -0.05) is 39.7 Å². The number of amides is 1. The fourth-order valence-corrected chi connectivity index (χ4v) is 3.81. The zero-order valence-corrected chi connectivity index (χ0v) is 16.9. The molecule has 0 aliphatic carbocycles. The van der Waals surface area contributed by atoms with Crippen LogP contribution in [0.5, 0.6) is 0 Å². The summed E-state index contributed by atoms with van der Waals surface area (Å²) >= 11 is 9.02. The Hall–Kier alpha value is -2.23. The molecule has 27 heavy (non-hydrogen) atoms. The van der Waals surface area contributed by atoms with Crippen molar-refractivity contribution in [2.24, 2.45) is 4.40 Å². The molecule has 0 saturated carbocycles. The van der Waals surface area contributed by atoms with Gasteiger partial charge < -0.3 is 5.32 Å². The predicted molar refractivity (Wildman–Crippen MR) is 105 cm³/mol. The number of rotatable bonds is 3. The molecule has 1 amide bonds. The second kappa shape index (κ2) is 7.41. The van der Waals surface area contributed by atoms with E-state index in [1.165, 1.54) is 25.3 Å². The summed E-state index contributed by atoms with van der Waals surface area (Å²) in [6, 6.07) is 10.5. The number of likely N-dealkylation sites (N-methyl/N-ethyl adjacent to an activating group) is 1. The maximum absolute atomic E-state index is 13.3. The van der Waals surface area contributed by atoms with E-state index in [9.17, 15) is 17.6 Å². The highest BCUT2D eigenvalue weighted by Gasteiger charge is 2.30. The van der Waals surface area contributed by atoms with Crippen LogP contribution in [0.2, 0.25) is 5.02 Å². The van der Waals surface area contributed by atoms with Crippen LogP contribution in [0, 0.1) is 5.82 Å². The number of allylic oxidation sites excluding steroid dienone is 1. The zero-order valence-electron chi connectivity index (χ0n) is 13.8. The molecule has 3 rings (SSSR count). The van der Waals surface area contributed by atoms with Gasteiger partial charge in [-0.15, -0.1) is 4.40 Å². The molecule has 0 unspecified atom stereocenters. The van der Waals surface area contributed by atoms with E-state index in [-0.39, 0.29) is 22.1 Å². The van der Waals surface area contributed by atoms with E-state index in [0.717, 1.165) is 14.8 Å². The lowest BCUT2D eigenvalue weighted by atomic mass is 10.1. The number of anilines is 1. The summed E-state index contributed by atoms with van der Waals surface area (Å²) in [7, 11) is -2.86. The molecule has 0 atom stereocenters. The van der Waals surface area contributed by atoms with Gasteiger partial charge in [-0.05, 0) is 36.4 Å². The molecule has 140 valence electrons. The Labute approximate surface area is 168 Å². The van der Waals surface area contributed by atoms with Gasteiger partial charge >= 0.3 is 10.2 Å². The van der Waals surface area contributed by atoms with Crippen LogP contribution in [-0.4, -0.2) is 31.4 Å². The Bertz CT molecular complexity index is 1100.